The number of ether oxygens (including phenoxy) is 1. The molecule has 1 aliphatic rings. The van der Waals surface area contributed by atoms with Gasteiger partial charge in [-0.05, 0) is 25.7 Å². The number of rotatable bonds is 8. The van der Waals surface area contributed by atoms with Crippen LogP contribution in [0.4, 0.5) is 4.79 Å². The van der Waals surface area contributed by atoms with Crippen LogP contribution in [0.3, 0.4) is 0 Å². The Morgan fingerprint density at radius 2 is 1.78 bits per heavy atom. The monoisotopic (exact) mass is 258 g/mol. The van der Waals surface area contributed by atoms with Gasteiger partial charge in [0.15, 0.2) is 0 Å². The van der Waals surface area contributed by atoms with Crippen LogP contribution in [0.15, 0.2) is 0 Å². The molecule has 1 fully saturated rings. The Morgan fingerprint density at radius 1 is 1.11 bits per heavy atom. The van der Waals surface area contributed by atoms with Gasteiger partial charge < -0.3 is 20.5 Å². The first-order valence-electron chi connectivity index (χ1n) is 7.07. The molecule has 0 saturated heterocycles. The molecule has 5 heteroatoms. The maximum absolute atomic E-state index is 11.2. The van der Waals surface area contributed by atoms with Gasteiger partial charge in [-0.3, -0.25) is 0 Å². The summed E-state index contributed by atoms with van der Waals surface area (Å²) in [5.74, 6) is 0. The van der Waals surface area contributed by atoms with Gasteiger partial charge in [-0.25, -0.2) is 4.79 Å². The van der Waals surface area contributed by atoms with Gasteiger partial charge in [-0.2, -0.15) is 0 Å². The molecule has 3 N–H and O–H groups in total. The quantitative estimate of drug-likeness (QED) is 0.576. The molecule has 1 rings (SSSR count). The number of amides is 2. The summed E-state index contributed by atoms with van der Waals surface area (Å²) in [7, 11) is 0. The highest BCUT2D eigenvalue weighted by Crippen LogP contribution is 2.20. The third-order valence-corrected chi connectivity index (χ3v) is 3.13. The first-order valence-corrected chi connectivity index (χ1v) is 7.07. The summed E-state index contributed by atoms with van der Waals surface area (Å²) >= 11 is 0. The Hall–Kier alpha value is -0.810. The second-order valence-electron chi connectivity index (χ2n) is 4.74. The van der Waals surface area contributed by atoms with E-state index < -0.39 is 0 Å². The van der Waals surface area contributed by atoms with Crippen LogP contribution in [0.1, 0.15) is 44.9 Å². The normalized spacial score (nSPS) is 16.5. The predicted molar refractivity (Wildman–Crippen MR) is 70.5 cm³/mol. The number of carbonyl (C=O) groups excluding carboxylic acids is 1. The van der Waals surface area contributed by atoms with E-state index in [1.165, 1.54) is 32.1 Å². The summed E-state index contributed by atoms with van der Waals surface area (Å²) in [5.41, 5.74) is 0. The van der Waals surface area contributed by atoms with Crippen molar-refractivity contribution in [3.05, 3.63) is 0 Å². The molecule has 1 aliphatic carbocycles. The van der Waals surface area contributed by atoms with Gasteiger partial charge in [0.05, 0.1) is 6.10 Å². The largest absolute Gasteiger partial charge is 0.396 e. The summed E-state index contributed by atoms with van der Waals surface area (Å²) in [6.07, 6.45) is 8.19. The van der Waals surface area contributed by atoms with Gasteiger partial charge in [-0.1, -0.05) is 19.3 Å². The Morgan fingerprint density at radius 3 is 2.44 bits per heavy atom. The van der Waals surface area contributed by atoms with Gasteiger partial charge in [0.2, 0.25) is 0 Å². The Labute approximate surface area is 109 Å². The van der Waals surface area contributed by atoms with Crippen molar-refractivity contribution in [2.45, 2.75) is 51.0 Å². The lowest BCUT2D eigenvalue weighted by Gasteiger charge is -2.21. The van der Waals surface area contributed by atoms with E-state index in [2.05, 4.69) is 10.6 Å². The van der Waals surface area contributed by atoms with Crippen LogP contribution >= 0.6 is 0 Å². The van der Waals surface area contributed by atoms with Crippen molar-refractivity contribution in [3.63, 3.8) is 0 Å². The van der Waals surface area contributed by atoms with E-state index in [1.54, 1.807) is 0 Å². The Kier molecular flexibility index (Phi) is 8.59. The van der Waals surface area contributed by atoms with E-state index in [4.69, 9.17) is 9.84 Å². The second kappa shape index (κ2) is 10.1. The molecule has 0 aromatic carbocycles. The van der Waals surface area contributed by atoms with Crippen molar-refractivity contribution in [2.24, 2.45) is 0 Å². The third kappa shape index (κ3) is 7.50. The fraction of sp³-hybridized carbons (Fsp3) is 0.923. The highest BCUT2D eigenvalue weighted by atomic mass is 16.5. The van der Waals surface area contributed by atoms with Crippen LogP contribution in [0.25, 0.3) is 0 Å². The van der Waals surface area contributed by atoms with Crippen LogP contribution < -0.4 is 10.6 Å². The molecule has 0 heterocycles. The van der Waals surface area contributed by atoms with Crippen LogP contribution in [0, 0.1) is 0 Å². The van der Waals surface area contributed by atoms with Crippen molar-refractivity contribution >= 4 is 6.03 Å². The molecule has 106 valence electrons. The summed E-state index contributed by atoms with van der Waals surface area (Å²) in [4.78, 5) is 11.2. The fourth-order valence-corrected chi connectivity index (χ4v) is 2.10. The van der Waals surface area contributed by atoms with E-state index >= 15 is 0 Å². The van der Waals surface area contributed by atoms with Crippen LogP contribution in [0.5, 0.6) is 0 Å². The van der Waals surface area contributed by atoms with Crippen molar-refractivity contribution in [2.75, 3.05) is 26.3 Å². The number of carbonyl (C=O) groups is 1. The second-order valence-corrected chi connectivity index (χ2v) is 4.74. The van der Waals surface area contributed by atoms with E-state index in [0.717, 1.165) is 13.0 Å². The number of aliphatic hydroxyl groups is 1. The van der Waals surface area contributed by atoms with E-state index in [-0.39, 0.29) is 12.6 Å². The number of hydrogen-bond acceptors (Lipinski definition) is 3. The maximum atomic E-state index is 11.2. The zero-order valence-electron chi connectivity index (χ0n) is 11.1. The molecule has 0 aromatic heterocycles. The minimum absolute atomic E-state index is 0.107. The highest BCUT2D eigenvalue weighted by molar-refractivity contribution is 5.73. The first kappa shape index (κ1) is 15.2. The van der Waals surface area contributed by atoms with Crippen LogP contribution in [-0.2, 0) is 4.74 Å². The zero-order chi connectivity index (χ0) is 13.1. The number of urea groups is 1. The molecule has 0 radical (unpaired) electrons. The molecule has 1 saturated carbocycles. The highest BCUT2D eigenvalue weighted by Gasteiger charge is 2.12. The van der Waals surface area contributed by atoms with Crippen molar-refractivity contribution < 1.29 is 14.6 Å². The number of nitrogens with one attached hydrogen (secondary N) is 2. The predicted octanol–water partition coefficient (Wildman–Crippen LogP) is 1.41. The van der Waals surface area contributed by atoms with Gasteiger partial charge in [0.1, 0.15) is 0 Å². The first-order chi connectivity index (χ1) is 8.83. The average Bonchev–Trinajstić information content (AvgIpc) is 2.40. The van der Waals surface area contributed by atoms with E-state index in [9.17, 15) is 4.79 Å². The molecule has 5 nitrogen and oxygen atoms in total. The summed E-state index contributed by atoms with van der Waals surface area (Å²) < 4.78 is 5.76. The van der Waals surface area contributed by atoms with E-state index in [1.807, 2.05) is 0 Å². The molecule has 0 aliphatic heterocycles. The number of hydrogen-bond donors (Lipinski definition) is 3. The molecule has 2 amide bonds. The van der Waals surface area contributed by atoms with Gasteiger partial charge in [-0.15, -0.1) is 0 Å². The van der Waals surface area contributed by atoms with Crippen molar-refractivity contribution in [1.29, 1.82) is 0 Å². The molecular weight excluding hydrogens is 232 g/mol. The van der Waals surface area contributed by atoms with Crippen LogP contribution in [0.2, 0.25) is 0 Å². The lowest BCUT2D eigenvalue weighted by atomic mass is 9.98. The Bertz CT molecular complexity index is 218. The molecule has 0 aromatic rings. The summed E-state index contributed by atoms with van der Waals surface area (Å²) in [5, 5.41) is 14.0. The van der Waals surface area contributed by atoms with Gasteiger partial charge in [0, 0.05) is 26.3 Å². The van der Waals surface area contributed by atoms with Gasteiger partial charge >= 0.3 is 6.03 Å². The molecule has 0 unspecified atom stereocenters. The minimum Gasteiger partial charge on any atom is -0.396 e. The summed E-state index contributed by atoms with van der Waals surface area (Å²) in [6.45, 7) is 1.98. The molecule has 0 atom stereocenters. The fourth-order valence-electron chi connectivity index (χ4n) is 2.10. The molecule has 0 spiro atoms. The van der Waals surface area contributed by atoms with Gasteiger partial charge in [0.25, 0.3) is 0 Å². The maximum Gasteiger partial charge on any atom is 0.314 e. The number of aliphatic hydroxyl groups excluding tert-OH is 1. The smallest absolute Gasteiger partial charge is 0.314 e. The third-order valence-electron chi connectivity index (χ3n) is 3.13. The zero-order valence-corrected chi connectivity index (χ0v) is 11.1. The minimum atomic E-state index is -0.166. The summed E-state index contributed by atoms with van der Waals surface area (Å²) in [6, 6.07) is -0.166. The SMILES string of the molecule is O=C(NCCCO)NCCCOC1CCCCC1. The van der Waals surface area contributed by atoms with Crippen LogP contribution in [-0.4, -0.2) is 43.5 Å². The Balaban J connectivity index is 1.86. The lowest BCUT2D eigenvalue weighted by Crippen LogP contribution is -2.37. The molecule has 18 heavy (non-hydrogen) atoms. The lowest BCUT2D eigenvalue weighted by molar-refractivity contribution is 0.0275. The molecule has 0 bridgehead atoms. The van der Waals surface area contributed by atoms with Crippen molar-refractivity contribution in [1.82, 2.24) is 10.6 Å². The standard InChI is InChI=1S/C13H26N2O3/c16-10-4-8-14-13(17)15-9-5-11-18-12-6-2-1-3-7-12/h12,16H,1-11H2,(H2,14,15,17). The van der Waals surface area contributed by atoms with Crippen molar-refractivity contribution in [3.8, 4) is 0 Å². The van der Waals surface area contributed by atoms with E-state index in [0.29, 0.717) is 25.6 Å². The molecular formula is C13H26N2O3. The topological polar surface area (TPSA) is 70.6 Å². The average molecular weight is 258 g/mol.